The molecule has 0 unspecified atom stereocenters. The molecular weight excluding hydrogens is 1040 g/mol. The second-order valence-electron chi connectivity index (χ2n) is 18.3. The van der Waals surface area contributed by atoms with Crippen molar-refractivity contribution in [2.24, 2.45) is 0 Å². The molecule has 0 saturated heterocycles. The van der Waals surface area contributed by atoms with Crippen LogP contribution in [0.4, 0.5) is 26.3 Å². The number of nitrogens with zero attached hydrogens (tertiary/aromatic N) is 2. The SMILES string of the molecule is N#Cc1cccc(C(=O)CP(OB(Oc2cc(C(F)(F)F)cc(C(F)(F)F)c2)OP(CC(=O)c2cccc(C#N)c2)(c2ccccc2)(c2ccccc2)c2ccccc2)(c2ccccc2)(c2ccccc2)c2ccccc2)c1. The molecule has 388 valence electrons. The normalized spacial score (nSPS) is 12.8. The zero-order chi connectivity index (χ0) is 55.1. The number of alkyl halides is 6. The third kappa shape index (κ3) is 10.2. The summed E-state index contributed by atoms with van der Waals surface area (Å²) in [7, 11) is -2.47. The van der Waals surface area contributed by atoms with Gasteiger partial charge in [-0.05, 0) is 0 Å². The van der Waals surface area contributed by atoms with Gasteiger partial charge in [0.05, 0.1) is 0 Å². The average Bonchev–Trinajstić information content (AvgIpc) is 2.99. The number of carbonyl (C=O) groups excluding carboxylic acids is 2. The van der Waals surface area contributed by atoms with Gasteiger partial charge in [-0.2, -0.15) is 0 Å². The minimum atomic E-state index is -5.41. The molecule has 9 aromatic rings. The van der Waals surface area contributed by atoms with Gasteiger partial charge in [0.2, 0.25) is 0 Å². The predicted octanol–water partition coefficient (Wildman–Crippen LogP) is 12.5. The van der Waals surface area contributed by atoms with Crippen molar-refractivity contribution in [2.75, 3.05) is 12.3 Å². The standard InChI is InChI=1S/C62H45BF6N2O5P2/c64-61(65,66)50-39-51(62(67,68)69)41-52(40-50)74-63(75-77(53-25-7-1-8-26-53,54-27-9-2-10-28-54,55-29-11-3-12-30-55)44-59(72)48-23-19-21-46(37-48)42-70)76-78(56-31-13-4-14-32-56,57-33-15-5-16-34-57,58-35-17-6-18-36-58)45-60(73)49-24-20-22-47(38-49)43-71/h1-41H,44-45H2. The van der Waals surface area contributed by atoms with E-state index >= 15 is 9.59 Å². The molecule has 16 heteroatoms. The van der Waals surface area contributed by atoms with Crippen molar-refractivity contribution in [1.82, 2.24) is 0 Å². The first-order valence-electron chi connectivity index (χ1n) is 24.3. The first kappa shape index (κ1) is 54.3. The van der Waals surface area contributed by atoms with Gasteiger partial charge in [0.1, 0.15) is 0 Å². The molecule has 0 N–H and O–H groups in total. The summed E-state index contributed by atoms with van der Waals surface area (Å²) in [5.41, 5.74) is -2.92. The van der Waals surface area contributed by atoms with Gasteiger partial charge in [-0.15, -0.1) is 0 Å². The summed E-state index contributed by atoms with van der Waals surface area (Å²) in [5, 5.41) is 22.2. The second kappa shape index (κ2) is 21.9. The molecule has 0 saturated carbocycles. The van der Waals surface area contributed by atoms with Crippen LogP contribution >= 0.6 is 13.7 Å². The van der Waals surface area contributed by atoms with Crippen LogP contribution in [0.15, 0.2) is 249 Å². The van der Waals surface area contributed by atoms with Gasteiger partial charge in [0, 0.05) is 0 Å². The molecule has 0 aliphatic rings. The molecule has 0 aliphatic heterocycles. The second-order valence-corrected chi connectivity index (χ2v) is 27.3. The molecule has 78 heavy (non-hydrogen) atoms. The van der Waals surface area contributed by atoms with Crippen molar-refractivity contribution in [2.45, 2.75) is 12.4 Å². The van der Waals surface area contributed by atoms with Gasteiger partial charge >= 0.3 is 449 Å². The van der Waals surface area contributed by atoms with Crippen LogP contribution in [0.5, 0.6) is 5.75 Å². The first-order chi connectivity index (χ1) is 37.5. The number of nitriles is 2. The molecule has 0 bridgehead atoms. The molecule has 0 aliphatic carbocycles. The number of rotatable bonds is 18. The summed E-state index contributed by atoms with van der Waals surface area (Å²) < 4.78 is 113. The van der Waals surface area contributed by atoms with E-state index in [2.05, 4.69) is 12.1 Å². The number of ketones is 2. The van der Waals surface area contributed by atoms with E-state index in [-0.39, 0.29) is 28.3 Å². The van der Waals surface area contributed by atoms with Gasteiger partial charge in [-0.1, -0.05) is 0 Å². The Balaban J connectivity index is 1.47. The van der Waals surface area contributed by atoms with Gasteiger partial charge in [0.25, 0.3) is 0 Å². The molecule has 0 amide bonds. The van der Waals surface area contributed by atoms with Crippen LogP contribution < -0.4 is 36.5 Å². The van der Waals surface area contributed by atoms with Crippen LogP contribution in [0.25, 0.3) is 0 Å². The van der Waals surface area contributed by atoms with Crippen molar-refractivity contribution in [3.05, 3.63) is 282 Å². The fourth-order valence-electron chi connectivity index (χ4n) is 10.1. The third-order valence-corrected chi connectivity index (χ3v) is 25.2. The summed E-state index contributed by atoms with van der Waals surface area (Å²) >= 11 is 0. The summed E-state index contributed by atoms with van der Waals surface area (Å²) in [6.45, 7) is -10.8. The Hall–Kier alpha value is -8.48. The Morgan fingerprint density at radius 2 is 0.679 bits per heavy atom. The van der Waals surface area contributed by atoms with Crippen molar-refractivity contribution in [1.29, 1.82) is 10.5 Å². The molecule has 0 heterocycles. The Bertz CT molecular complexity index is 3260. The summed E-state index contributed by atoms with van der Waals surface area (Å²) in [5.74, 6) is -2.13. The Morgan fingerprint density at radius 1 is 0.397 bits per heavy atom. The summed E-state index contributed by atoms with van der Waals surface area (Å²) in [6.07, 6.45) is -11.8. The molecule has 0 spiro atoms. The maximum absolute atomic E-state index is 15.7. The molecule has 0 radical (unpaired) electrons. The molecule has 0 fully saturated rings. The molecular formula is C62H45BF6N2O5P2. The number of benzene rings is 9. The van der Waals surface area contributed by atoms with E-state index < -0.39 is 74.1 Å². The minimum absolute atomic E-state index is 0.0263. The summed E-state index contributed by atoms with van der Waals surface area (Å²) in [6, 6.07) is 68.5. The van der Waals surface area contributed by atoms with Crippen LogP contribution in [0.3, 0.4) is 0 Å². The Morgan fingerprint density at radius 3 is 0.936 bits per heavy atom. The number of carbonyl (C=O) groups is 2. The number of Topliss-reactive ketones (excluding diaryl/α,β-unsaturated/α-hetero) is 2. The van der Waals surface area contributed by atoms with Crippen LogP contribution in [-0.2, 0) is 21.2 Å². The fraction of sp³-hybridized carbons (Fsp3) is 0.0645. The molecule has 9 rings (SSSR count). The van der Waals surface area contributed by atoms with Gasteiger partial charge in [0.15, 0.2) is 0 Å². The number of hydrogen-bond donors (Lipinski definition) is 0. The predicted molar refractivity (Wildman–Crippen MR) is 296 cm³/mol. The molecule has 7 nitrogen and oxygen atoms in total. The number of halogens is 6. The van der Waals surface area contributed by atoms with E-state index in [0.29, 0.717) is 44.0 Å². The van der Waals surface area contributed by atoms with Crippen molar-refractivity contribution >= 4 is 64.4 Å². The Labute approximate surface area is 447 Å². The molecule has 9 aromatic carbocycles. The van der Waals surface area contributed by atoms with Crippen molar-refractivity contribution < 1.29 is 49.5 Å². The van der Waals surface area contributed by atoms with E-state index in [4.69, 9.17) is 13.5 Å². The quantitative estimate of drug-likeness (QED) is 0.0364. The van der Waals surface area contributed by atoms with E-state index in [9.17, 15) is 36.9 Å². The summed E-state index contributed by atoms with van der Waals surface area (Å²) in [4.78, 5) is 31.4. The monoisotopic (exact) mass is 1080 g/mol. The topological polar surface area (TPSA) is 109 Å². The first-order valence-corrected chi connectivity index (χ1v) is 29.0. The Kier molecular flexibility index (Phi) is 15.2. The van der Waals surface area contributed by atoms with Crippen molar-refractivity contribution in [3.63, 3.8) is 0 Å². The van der Waals surface area contributed by atoms with Gasteiger partial charge < -0.3 is 0 Å². The fourth-order valence-corrected chi connectivity index (χ4v) is 21.2. The van der Waals surface area contributed by atoms with E-state index in [1.54, 1.807) is 194 Å². The zero-order valence-corrected chi connectivity index (χ0v) is 43.0. The van der Waals surface area contributed by atoms with E-state index in [1.807, 2.05) is 0 Å². The van der Waals surface area contributed by atoms with Gasteiger partial charge in [-0.25, -0.2) is 0 Å². The van der Waals surface area contributed by atoms with Crippen LogP contribution in [0.1, 0.15) is 43.0 Å². The number of hydrogen-bond acceptors (Lipinski definition) is 7. The van der Waals surface area contributed by atoms with Crippen LogP contribution in [0, 0.1) is 22.7 Å². The van der Waals surface area contributed by atoms with Gasteiger partial charge in [-0.3, -0.25) is 0 Å². The van der Waals surface area contributed by atoms with Crippen LogP contribution in [0.2, 0.25) is 0 Å². The molecule has 0 atom stereocenters. The average molecular weight is 1080 g/mol. The molecule has 0 aromatic heterocycles. The van der Waals surface area contributed by atoms with Crippen LogP contribution in [-0.4, -0.2) is 31.2 Å². The third-order valence-electron chi connectivity index (χ3n) is 13.8. The van der Waals surface area contributed by atoms with Crippen molar-refractivity contribution in [3.8, 4) is 17.9 Å². The zero-order valence-electron chi connectivity index (χ0n) is 41.3. The maximum atomic E-state index is 15.7. The van der Waals surface area contributed by atoms with E-state index in [0.717, 1.165) is 0 Å². The van der Waals surface area contributed by atoms with E-state index in [1.165, 1.54) is 36.4 Å².